The highest BCUT2D eigenvalue weighted by Gasteiger charge is 2.44. The molecule has 0 bridgehead atoms. The third-order valence-electron chi connectivity index (χ3n) is 5.20. The van der Waals surface area contributed by atoms with Gasteiger partial charge in [0.1, 0.15) is 24.7 Å². The molecule has 3 aromatic rings. The van der Waals surface area contributed by atoms with E-state index in [1.807, 2.05) is 37.3 Å². The molecule has 5 N–H and O–H groups in total. The van der Waals surface area contributed by atoms with Crippen molar-refractivity contribution in [3.8, 4) is 0 Å². The standard InChI is InChI=1S/C19H23ClN5O7P/c1-10(11-5-3-2-4-6-11)22-16-13-17(24-19(20)23-16)25(8-21-13)18-15(27)14(26)12(32-18)7-31-9-33(28,29)30/h2-6,8,10,12,14-15,18,26-27H,7,9H2,1H3,(H,22,23,24)(H2,28,29,30)/t10?,12-,14-,15-,18-/m1/s1. The van der Waals surface area contributed by atoms with Crippen LogP contribution in [0.4, 0.5) is 5.82 Å². The Morgan fingerprint density at radius 2 is 1.97 bits per heavy atom. The van der Waals surface area contributed by atoms with Gasteiger partial charge < -0.3 is 34.8 Å². The molecule has 1 aliphatic heterocycles. The lowest BCUT2D eigenvalue weighted by molar-refractivity contribution is -0.0612. The minimum absolute atomic E-state index is 0.0541. The van der Waals surface area contributed by atoms with Crippen LogP contribution in [0.3, 0.4) is 0 Å². The summed E-state index contributed by atoms with van der Waals surface area (Å²) in [5, 5.41) is 24.1. The molecule has 178 valence electrons. The van der Waals surface area contributed by atoms with E-state index in [-0.39, 0.29) is 23.6 Å². The third-order valence-corrected chi connectivity index (χ3v) is 5.89. The molecule has 1 unspecified atom stereocenters. The minimum Gasteiger partial charge on any atom is -0.387 e. The number of hydrogen-bond donors (Lipinski definition) is 5. The predicted octanol–water partition coefficient (Wildman–Crippen LogP) is 1.42. The van der Waals surface area contributed by atoms with Crippen molar-refractivity contribution >= 4 is 36.2 Å². The monoisotopic (exact) mass is 499 g/mol. The second-order valence-electron chi connectivity index (χ2n) is 7.65. The molecule has 0 saturated carbocycles. The summed E-state index contributed by atoms with van der Waals surface area (Å²) < 4.78 is 23.0. The van der Waals surface area contributed by atoms with Gasteiger partial charge in [0.25, 0.3) is 0 Å². The van der Waals surface area contributed by atoms with Crippen LogP contribution in [0.5, 0.6) is 0 Å². The Balaban J connectivity index is 1.57. The second kappa shape index (κ2) is 9.61. The normalized spacial score (nSPS) is 24.3. The molecule has 12 nitrogen and oxygen atoms in total. The number of aliphatic hydroxyl groups is 2. The average Bonchev–Trinajstić information content (AvgIpc) is 3.29. The summed E-state index contributed by atoms with van der Waals surface area (Å²) in [6.45, 7) is 1.63. The Morgan fingerprint density at radius 3 is 2.67 bits per heavy atom. The van der Waals surface area contributed by atoms with Crippen LogP contribution in [0.15, 0.2) is 36.7 Å². The van der Waals surface area contributed by atoms with Gasteiger partial charge in [-0.15, -0.1) is 0 Å². The molecule has 33 heavy (non-hydrogen) atoms. The van der Waals surface area contributed by atoms with Crippen molar-refractivity contribution in [1.29, 1.82) is 0 Å². The van der Waals surface area contributed by atoms with Gasteiger partial charge in [-0.25, -0.2) is 4.98 Å². The number of nitrogens with zero attached hydrogens (tertiary/aromatic N) is 4. The molecule has 0 aliphatic carbocycles. The molecule has 0 amide bonds. The van der Waals surface area contributed by atoms with Crippen LogP contribution in [0.2, 0.25) is 5.28 Å². The Hall–Kier alpha value is -2.15. The fourth-order valence-corrected chi connectivity index (χ4v) is 4.10. The van der Waals surface area contributed by atoms with Crippen LogP contribution in [-0.4, -0.2) is 70.8 Å². The summed E-state index contributed by atoms with van der Waals surface area (Å²) in [7, 11) is -4.37. The van der Waals surface area contributed by atoms with Gasteiger partial charge in [0.05, 0.1) is 19.0 Å². The van der Waals surface area contributed by atoms with Crippen LogP contribution < -0.4 is 5.32 Å². The van der Waals surface area contributed by atoms with E-state index in [1.54, 1.807) is 0 Å². The maximum atomic E-state index is 11.0. The summed E-state index contributed by atoms with van der Waals surface area (Å²) in [6.07, 6.45) is -4.29. The highest BCUT2D eigenvalue weighted by Crippen LogP contribution is 2.36. The third kappa shape index (κ3) is 5.34. The molecule has 2 aromatic heterocycles. The van der Waals surface area contributed by atoms with Crippen molar-refractivity contribution in [3.63, 3.8) is 0 Å². The topological polar surface area (TPSA) is 172 Å². The predicted molar refractivity (Wildman–Crippen MR) is 118 cm³/mol. The van der Waals surface area contributed by atoms with Gasteiger partial charge >= 0.3 is 7.60 Å². The SMILES string of the molecule is CC(Nc1nc(Cl)nc2c1ncn2[C@@H]1O[C@H](COCP(=O)(O)O)[C@@H](O)[C@H]1O)c1ccccc1. The number of imidazole rings is 1. The lowest BCUT2D eigenvalue weighted by Gasteiger charge is -2.18. The molecule has 3 heterocycles. The van der Waals surface area contributed by atoms with Crippen molar-refractivity contribution < 1.29 is 34.0 Å². The highest BCUT2D eigenvalue weighted by atomic mass is 35.5. The highest BCUT2D eigenvalue weighted by molar-refractivity contribution is 7.51. The fourth-order valence-electron chi connectivity index (χ4n) is 3.59. The number of fused-ring (bicyclic) bond motifs is 1. The zero-order valence-corrected chi connectivity index (χ0v) is 19.0. The van der Waals surface area contributed by atoms with E-state index < -0.39 is 38.5 Å². The van der Waals surface area contributed by atoms with Crippen LogP contribution in [-0.2, 0) is 14.0 Å². The minimum atomic E-state index is -4.37. The van der Waals surface area contributed by atoms with Gasteiger partial charge in [-0.05, 0) is 24.1 Å². The first-order valence-corrected chi connectivity index (χ1v) is 12.2. The first kappa shape index (κ1) is 24.0. The van der Waals surface area contributed by atoms with E-state index in [2.05, 4.69) is 20.3 Å². The largest absolute Gasteiger partial charge is 0.387 e. The van der Waals surface area contributed by atoms with Crippen molar-refractivity contribution in [2.24, 2.45) is 0 Å². The maximum Gasteiger partial charge on any atom is 0.350 e. The first-order chi connectivity index (χ1) is 15.6. The Labute approximate surface area is 193 Å². The van der Waals surface area contributed by atoms with Crippen LogP contribution in [0.1, 0.15) is 24.8 Å². The zero-order valence-electron chi connectivity index (χ0n) is 17.4. The lowest BCUT2D eigenvalue weighted by Crippen LogP contribution is -2.33. The molecule has 1 fully saturated rings. The number of rotatable bonds is 8. The molecule has 0 spiro atoms. The Morgan fingerprint density at radius 1 is 1.24 bits per heavy atom. The zero-order chi connectivity index (χ0) is 23.8. The number of hydrogen-bond acceptors (Lipinski definition) is 9. The molecule has 4 rings (SSSR count). The van der Waals surface area contributed by atoms with Crippen LogP contribution in [0.25, 0.3) is 11.2 Å². The quantitative estimate of drug-likeness (QED) is 0.224. The molecule has 14 heteroatoms. The van der Waals surface area contributed by atoms with Crippen molar-refractivity contribution in [2.45, 2.75) is 37.5 Å². The summed E-state index contributed by atoms with van der Waals surface area (Å²) in [5.41, 5.74) is 1.68. The number of aromatic nitrogens is 4. The summed E-state index contributed by atoms with van der Waals surface area (Å²) >= 11 is 6.14. The number of ether oxygens (including phenoxy) is 2. The van der Waals surface area contributed by atoms with Gasteiger partial charge in [0, 0.05) is 0 Å². The van der Waals surface area contributed by atoms with Gasteiger partial charge in [0.2, 0.25) is 5.28 Å². The van der Waals surface area contributed by atoms with E-state index in [0.29, 0.717) is 11.3 Å². The van der Waals surface area contributed by atoms with Crippen molar-refractivity contribution in [3.05, 3.63) is 47.5 Å². The molecule has 5 atom stereocenters. The molecule has 1 aromatic carbocycles. The lowest BCUT2D eigenvalue weighted by atomic mass is 10.1. The number of halogens is 1. The van der Waals surface area contributed by atoms with Crippen LogP contribution in [0, 0.1) is 0 Å². The van der Waals surface area contributed by atoms with E-state index in [4.69, 9.17) is 30.9 Å². The van der Waals surface area contributed by atoms with Gasteiger partial charge in [-0.3, -0.25) is 9.13 Å². The number of aliphatic hydroxyl groups excluding tert-OH is 2. The van der Waals surface area contributed by atoms with Gasteiger partial charge in [-0.1, -0.05) is 30.3 Å². The molecule has 1 aliphatic rings. The molecule has 1 saturated heterocycles. The summed E-state index contributed by atoms with van der Waals surface area (Å²) in [5.74, 6) is 0.384. The van der Waals surface area contributed by atoms with Gasteiger partial charge in [-0.2, -0.15) is 9.97 Å². The van der Waals surface area contributed by atoms with Gasteiger partial charge in [0.15, 0.2) is 23.2 Å². The smallest absolute Gasteiger partial charge is 0.350 e. The van der Waals surface area contributed by atoms with Crippen molar-refractivity contribution in [1.82, 2.24) is 19.5 Å². The van der Waals surface area contributed by atoms with Crippen LogP contribution >= 0.6 is 19.2 Å². The van der Waals surface area contributed by atoms with E-state index >= 15 is 0 Å². The number of benzene rings is 1. The Bertz CT molecular complexity index is 1160. The van der Waals surface area contributed by atoms with E-state index in [0.717, 1.165) is 5.56 Å². The molecular formula is C19H23ClN5O7P. The Kier molecular flexibility index (Phi) is 6.99. The molecule has 0 radical (unpaired) electrons. The van der Waals surface area contributed by atoms with E-state index in [1.165, 1.54) is 10.9 Å². The fraction of sp³-hybridized carbons (Fsp3) is 0.421. The first-order valence-electron chi connectivity index (χ1n) is 9.99. The van der Waals surface area contributed by atoms with E-state index in [9.17, 15) is 14.8 Å². The second-order valence-corrected chi connectivity index (χ2v) is 9.58. The summed E-state index contributed by atoms with van der Waals surface area (Å²) in [6, 6.07) is 9.59. The maximum absolute atomic E-state index is 11.0. The number of anilines is 1. The van der Waals surface area contributed by atoms with Crippen molar-refractivity contribution in [2.75, 3.05) is 18.3 Å². The summed E-state index contributed by atoms with van der Waals surface area (Å²) in [4.78, 5) is 30.6. The number of nitrogens with one attached hydrogen (secondary N) is 1. The molecular weight excluding hydrogens is 477 g/mol. The average molecular weight is 500 g/mol.